The lowest BCUT2D eigenvalue weighted by Crippen LogP contribution is -2.18. The minimum absolute atomic E-state index is 0.118. The topological polar surface area (TPSA) is 26.0 Å². The van der Waals surface area contributed by atoms with Crippen LogP contribution in [0, 0.1) is 0 Å². The van der Waals surface area contributed by atoms with Crippen LogP contribution in [0.5, 0.6) is 0 Å². The Labute approximate surface area is 74.3 Å². The van der Waals surface area contributed by atoms with E-state index in [9.17, 15) is 8.78 Å². The third-order valence-corrected chi connectivity index (χ3v) is 1.59. The second-order valence-electron chi connectivity index (χ2n) is 2.42. The van der Waals surface area contributed by atoms with Crippen LogP contribution >= 0.6 is 0 Å². The Bertz CT molecular complexity index is 76.6. The van der Waals surface area contributed by atoms with Crippen molar-refractivity contribution in [3.8, 4) is 0 Å². The largest absolute Gasteiger partial charge is 0.333 e. The molecule has 0 aromatic heterocycles. The molecule has 2 N–H and O–H groups in total. The third kappa shape index (κ3) is 7.92. The van der Waals surface area contributed by atoms with Crippen LogP contribution in [0.3, 0.4) is 0 Å². The Morgan fingerprint density at radius 1 is 0.917 bits per heavy atom. The fourth-order valence-corrected chi connectivity index (χ4v) is 1.07. The molecule has 1 aliphatic rings. The second kappa shape index (κ2) is 8.91. The van der Waals surface area contributed by atoms with Gasteiger partial charge in [0.15, 0.2) is 0 Å². The number of rotatable bonds is 0. The number of alkyl halides is 2. The van der Waals surface area contributed by atoms with Crippen LogP contribution in [0.15, 0.2) is 0 Å². The predicted molar refractivity (Wildman–Crippen MR) is 49.5 cm³/mol. The minimum atomic E-state index is -2.32. The van der Waals surface area contributed by atoms with Gasteiger partial charge in [0.05, 0.1) is 0 Å². The summed E-state index contributed by atoms with van der Waals surface area (Å²) in [5.41, 5.74) is 4.50. The normalized spacial score (nSPS) is 19.5. The van der Waals surface area contributed by atoms with Crippen molar-refractivity contribution in [3.63, 3.8) is 0 Å². The molecule has 1 aliphatic carbocycles. The highest BCUT2D eigenvalue weighted by atomic mass is 19.3. The summed E-state index contributed by atoms with van der Waals surface area (Å²) in [6.45, 7) is 4.00. The quantitative estimate of drug-likeness (QED) is 0.610. The highest BCUT2D eigenvalue weighted by Crippen LogP contribution is 2.32. The number of nitrogens with two attached hydrogens (primary N) is 1. The zero-order valence-corrected chi connectivity index (χ0v) is 8.37. The monoisotopic (exact) mass is 181 g/mol. The van der Waals surface area contributed by atoms with Crippen molar-refractivity contribution < 1.29 is 8.78 Å². The van der Waals surface area contributed by atoms with Crippen LogP contribution in [-0.4, -0.2) is 13.0 Å². The summed E-state index contributed by atoms with van der Waals surface area (Å²) in [5, 5.41) is 0. The molecule has 0 spiro atoms. The third-order valence-electron chi connectivity index (χ3n) is 1.59. The Balaban J connectivity index is 0. The average molecular weight is 181 g/mol. The number of hydrogen-bond acceptors (Lipinski definition) is 1. The van der Waals surface area contributed by atoms with Crippen LogP contribution in [-0.2, 0) is 0 Å². The molecule has 0 radical (unpaired) electrons. The molecule has 3 heteroatoms. The Kier molecular flexibility index (Phi) is 10.7. The molecule has 1 nitrogen and oxygen atoms in total. The van der Waals surface area contributed by atoms with Gasteiger partial charge in [0, 0.05) is 12.8 Å². The minimum Gasteiger partial charge on any atom is -0.333 e. The van der Waals surface area contributed by atoms with Crippen molar-refractivity contribution in [3.05, 3.63) is 0 Å². The van der Waals surface area contributed by atoms with Crippen LogP contribution in [0.25, 0.3) is 0 Å². The lowest BCUT2D eigenvalue weighted by atomic mass is 9.97. The first kappa shape index (κ1) is 14.3. The van der Waals surface area contributed by atoms with E-state index in [0.717, 1.165) is 6.42 Å². The Morgan fingerprint density at radius 2 is 1.25 bits per heavy atom. The van der Waals surface area contributed by atoms with E-state index in [0.29, 0.717) is 12.8 Å². The van der Waals surface area contributed by atoms with Crippen molar-refractivity contribution >= 4 is 0 Å². The number of halogens is 2. The molecule has 0 atom stereocenters. The summed E-state index contributed by atoms with van der Waals surface area (Å²) in [6, 6.07) is 0. The summed E-state index contributed by atoms with van der Waals surface area (Å²) >= 11 is 0. The van der Waals surface area contributed by atoms with Gasteiger partial charge in [0.1, 0.15) is 0 Å². The van der Waals surface area contributed by atoms with Crippen molar-refractivity contribution in [1.82, 2.24) is 0 Å². The van der Waals surface area contributed by atoms with Gasteiger partial charge in [-0.15, -0.1) is 0 Å². The molecule has 76 valence electrons. The molecule has 0 aliphatic heterocycles. The van der Waals surface area contributed by atoms with E-state index in [2.05, 4.69) is 5.73 Å². The van der Waals surface area contributed by atoms with E-state index in [1.54, 1.807) is 0 Å². The summed E-state index contributed by atoms with van der Waals surface area (Å²) < 4.78 is 24.4. The van der Waals surface area contributed by atoms with Gasteiger partial charge in [-0.2, -0.15) is 0 Å². The van der Waals surface area contributed by atoms with Gasteiger partial charge in [0.25, 0.3) is 0 Å². The smallest absolute Gasteiger partial charge is 0.248 e. The first-order valence-electron chi connectivity index (χ1n) is 4.66. The molecule has 0 heterocycles. The summed E-state index contributed by atoms with van der Waals surface area (Å²) in [7, 11) is 1.50. The molecule has 0 aromatic carbocycles. The molecule has 0 aromatic rings. The molecule has 0 saturated heterocycles. The molecule has 1 rings (SSSR count). The van der Waals surface area contributed by atoms with Crippen LogP contribution < -0.4 is 5.73 Å². The molecule has 1 saturated carbocycles. The van der Waals surface area contributed by atoms with Crippen molar-refractivity contribution in [2.24, 2.45) is 5.73 Å². The predicted octanol–water partition coefficient (Wildman–Crippen LogP) is 3.19. The highest BCUT2D eigenvalue weighted by Gasteiger charge is 2.30. The van der Waals surface area contributed by atoms with Crippen molar-refractivity contribution in [2.45, 2.75) is 51.9 Å². The Hall–Kier alpha value is -0.180. The highest BCUT2D eigenvalue weighted by molar-refractivity contribution is 4.70. The van der Waals surface area contributed by atoms with E-state index < -0.39 is 5.92 Å². The van der Waals surface area contributed by atoms with E-state index >= 15 is 0 Å². The van der Waals surface area contributed by atoms with Gasteiger partial charge in [0.2, 0.25) is 5.92 Å². The van der Waals surface area contributed by atoms with Gasteiger partial charge in [-0.25, -0.2) is 8.78 Å². The molecule has 12 heavy (non-hydrogen) atoms. The van der Waals surface area contributed by atoms with E-state index in [1.165, 1.54) is 7.05 Å². The first-order valence-corrected chi connectivity index (χ1v) is 4.66. The standard InChI is InChI=1S/C6H10F2.C2H6.CH5N/c7-6(8)4-2-1-3-5-6;2*1-2/h1-5H2;1-2H3;2H2,1H3. The fraction of sp³-hybridized carbons (Fsp3) is 1.00. The zero-order valence-electron chi connectivity index (χ0n) is 8.37. The van der Waals surface area contributed by atoms with E-state index in [4.69, 9.17) is 0 Å². The maximum absolute atomic E-state index is 12.2. The van der Waals surface area contributed by atoms with Crippen molar-refractivity contribution in [2.75, 3.05) is 7.05 Å². The average Bonchev–Trinajstić information content (AvgIpc) is 2.11. The molecular weight excluding hydrogens is 160 g/mol. The van der Waals surface area contributed by atoms with Crippen LogP contribution in [0.1, 0.15) is 46.0 Å². The molecular formula is C9H21F2N. The van der Waals surface area contributed by atoms with Gasteiger partial charge in [-0.3, -0.25) is 0 Å². The first-order chi connectivity index (χ1) is 5.71. The summed E-state index contributed by atoms with van der Waals surface area (Å²) in [6.07, 6.45) is 2.66. The molecule has 1 fully saturated rings. The Morgan fingerprint density at radius 3 is 1.42 bits per heavy atom. The van der Waals surface area contributed by atoms with Gasteiger partial charge in [-0.05, 0) is 19.9 Å². The van der Waals surface area contributed by atoms with Crippen LogP contribution in [0.4, 0.5) is 8.78 Å². The summed E-state index contributed by atoms with van der Waals surface area (Å²) in [4.78, 5) is 0. The SMILES string of the molecule is CC.CN.FC1(F)CCCCC1. The fourth-order valence-electron chi connectivity index (χ4n) is 1.07. The van der Waals surface area contributed by atoms with Gasteiger partial charge < -0.3 is 5.73 Å². The van der Waals surface area contributed by atoms with Crippen molar-refractivity contribution in [1.29, 1.82) is 0 Å². The summed E-state index contributed by atoms with van der Waals surface area (Å²) in [5.74, 6) is -2.32. The molecule has 0 bridgehead atoms. The van der Waals surface area contributed by atoms with E-state index in [-0.39, 0.29) is 12.8 Å². The van der Waals surface area contributed by atoms with Gasteiger partial charge >= 0.3 is 0 Å². The molecule has 0 unspecified atom stereocenters. The lowest BCUT2D eigenvalue weighted by Gasteiger charge is -2.20. The number of hydrogen-bond donors (Lipinski definition) is 1. The van der Waals surface area contributed by atoms with E-state index in [1.807, 2.05) is 13.8 Å². The molecule has 0 amide bonds. The van der Waals surface area contributed by atoms with Gasteiger partial charge in [-0.1, -0.05) is 20.3 Å². The zero-order chi connectivity index (χ0) is 10.0. The second-order valence-corrected chi connectivity index (χ2v) is 2.42. The maximum atomic E-state index is 12.2. The van der Waals surface area contributed by atoms with Crippen LogP contribution in [0.2, 0.25) is 0 Å². The lowest BCUT2D eigenvalue weighted by molar-refractivity contribution is -0.0337. The maximum Gasteiger partial charge on any atom is 0.248 e.